The Hall–Kier alpha value is -1.72. The van der Waals surface area contributed by atoms with Crippen LogP contribution in [0.3, 0.4) is 0 Å². The number of anilines is 1. The molecule has 0 spiro atoms. The van der Waals surface area contributed by atoms with Gasteiger partial charge >= 0.3 is 0 Å². The molecule has 2 heterocycles. The van der Waals surface area contributed by atoms with Gasteiger partial charge in [0, 0.05) is 45.6 Å². The maximum atomic E-state index is 11.7. The van der Waals surface area contributed by atoms with Gasteiger partial charge in [0.15, 0.2) is 0 Å². The molecular formula is C17H23N3O2. The number of hydrogen-bond donors (Lipinski definition) is 0. The fourth-order valence-electron chi connectivity index (χ4n) is 3.03. The van der Waals surface area contributed by atoms with E-state index in [2.05, 4.69) is 16.8 Å². The second-order valence-electron chi connectivity index (χ2n) is 6.18. The van der Waals surface area contributed by atoms with E-state index in [0.29, 0.717) is 18.5 Å². The smallest absolute Gasteiger partial charge is 0.234 e. The van der Waals surface area contributed by atoms with Crippen molar-refractivity contribution in [2.75, 3.05) is 44.7 Å². The van der Waals surface area contributed by atoms with Gasteiger partial charge in [-0.2, -0.15) is 0 Å². The number of rotatable bonds is 4. The maximum Gasteiger partial charge on any atom is 0.234 e. The van der Waals surface area contributed by atoms with Crippen molar-refractivity contribution in [3.8, 4) is 0 Å². The van der Waals surface area contributed by atoms with Gasteiger partial charge < -0.3 is 9.80 Å². The number of carbonyl (C=O) groups excluding carboxylic acids is 2. The lowest BCUT2D eigenvalue weighted by molar-refractivity contribution is -0.121. The first-order chi connectivity index (χ1) is 10.6. The lowest BCUT2D eigenvalue weighted by Crippen LogP contribution is -2.45. The topological polar surface area (TPSA) is 43.9 Å². The Bertz CT molecular complexity index is 532. The molecule has 1 aromatic carbocycles. The van der Waals surface area contributed by atoms with E-state index in [-0.39, 0.29) is 11.8 Å². The van der Waals surface area contributed by atoms with Crippen LogP contribution in [0.25, 0.3) is 0 Å². The molecule has 0 unspecified atom stereocenters. The van der Waals surface area contributed by atoms with Gasteiger partial charge in [0.1, 0.15) is 0 Å². The summed E-state index contributed by atoms with van der Waals surface area (Å²) < 4.78 is 0. The van der Waals surface area contributed by atoms with E-state index in [0.717, 1.165) is 39.1 Å². The highest BCUT2D eigenvalue weighted by Gasteiger charge is 2.30. The summed E-state index contributed by atoms with van der Waals surface area (Å²) in [6.07, 6.45) is 1.68. The average molecular weight is 301 g/mol. The number of nitrogens with zero attached hydrogens (tertiary/aromatic N) is 3. The van der Waals surface area contributed by atoms with Crippen LogP contribution in [0, 0.1) is 0 Å². The SMILES string of the molecule is CN1CCN(CCc2ccc(N3C(=O)CCC3=O)cc2)CC1. The summed E-state index contributed by atoms with van der Waals surface area (Å²) in [5.41, 5.74) is 1.96. The summed E-state index contributed by atoms with van der Waals surface area (Å²) in [5.74, 6) is -0.176. The second-order valence-corrected chi connectivity index (χ2v) is 6.18. The molecule has 2 amide bonds. The Kier molecular flexibility index (Phi) is 4.55. The first-order valence-corrected chi connectivity index (χ1v) is 7.99. The summed E-state index contributed by atoms with van der Waals surface area (Å²) in [5, 5.41) is 0. The largest absolute Gasteiger partial charge is 0.304 e. The minimum Gasteiger partial charge on any atom is -0.304 e. The summed E-state index contributed by atoms with van der Waals surface area (Å²) in [4.78, 5) is 29.6. The first kappa shape index (κ1) is 15.2. The van der Waals surface area contributed by atoms with E-state index in [1.54, 1.807) is 0 Å². The van der Waals surface area contributed by atoms with Crippen molar-refractivity contribution < 1.29 is 9.59 Å². The molecule has 0 N–H and O–H groups in total. The number of benzene rings is 1. The molecule has 2 saturated heterocycles. The van der Waals surface area contributed by atoms with Crippen molar-refractivity contribution in [3.05, 3.63) is 29.8 Å². The summed E-state index contributed by atoms with van der Waals surface area (Å²) in [7, 11) is 2.16. The second kappa shape index (κ2) is 6.58. The molecule has 3 rings (SSSR count). The van der Waals surface area contributed by atoms with Crippen LogP contribution in [0.2, 0.25) is 0 Å². The Morgan fingerprint density at radius 3 is 2.09 bits per heavy atom. The van der Waals surface area contributed by atoms with E-state index < -0.39 is 0 Å². The van der Waals surface area contributed by atoms with E-state index in [4.69, 9.17) is 0 Å². The zero-order chi connectivity index (χ0) is 15.5. The van der Waals surface area contributed by atoms with E-state index in [1.807, 2.05) is 24.3 Å². The van der Waals surface area contributed by atoms with E-state index in [1.165, 1.54) is 10.5 Å². The number of piperazine rings is 1. The molecule has 1 aromatic rings. The molecule has 0 aliphatic carbocycles. The molecule has 2 aliphatic rings. The Balaban J connectivity index is 1.55. The summed E-state index contributed by atoms with van der Waals surface area (Å²) in [6.45, 7) is 5.60. The molecule has 22 heavy (non-hydrogen) atoms. The van der Waals surface area contributed by atoms with Crippen LogP contribution in [0.4, 0.5) is 5.69 Å². The van der Waals surface area contributed by atoms with Crippen molar-refractivity contribution >= 4 is 17.5 Å². The molecule has 0 atom stereocenters. The van der Waals surface area contributed by atoms with Gasteiger partial charge in [0.2, 0.25) is 11.8 Å². The van der Waals surface area contributed by atoms with Gasteiger partial charge in [-0.15, -0.1) is 0 Å². The molecule has 0 aromatic heterocycles. The van der Waals surface area contributed by atoms with Gasteiger partial charge in [-0.3, -0.25) is 14.5 Å². The van der Waals surface area contributed by atoms with Crippen LogP contribution in [0.15, 0.2) is 24.3 Å². The predicted molar refractivity (Wildman–Crippen MR) is 85.8 cm³/mol. The van der Waals surface area contributed by atoms with Crippen LogP contribution in [0.1, 0.15) is 18.4 Å². The lowest BCUT2D eigenvalue weighted by Gasteiger charge is -2.32. The molecule has 0 bridgehead atoms. The summed E-state index contributed by atoms with van der Waals surface area (Å²) >= 11 is 0. The maximum absolute atomic E-state index is 11.7. The van der Waals surface area contributed by atoms with Crippen molar-refractivity contribution in [1.29, 1.82) is 0 Å². The van der Waals surface area contributed by atoms with Gasteiger partial charge in [-0.1, -0.05) is 12.1 Å². The highest BCUT2D eigenvalue weighted by Crippen LogP contribution is 2.22. The highest BCUT2D eigenvalue weighted by atomic mass is 16.2. The molecule has 2 aliphatic heterocycles. The molecular weight excluding hydrogens is 278 g/mol. The van der Waals surface area contributed by atoms with Crippen LogP contribution in [0.5, 0.6) is 0 Å². The number of likely N-dealkylation sites (N-methyl/N-ethyl adjacent to an activating group) is 1. The molecule has 5 nitrogen and oxygen atoms in total. The van der Waals surface area contributed by atoms with Crippen molar-refractivity contribution in [2.45, 2.75) is 19.3 Å². The minimum atomic E-state index is -0.0878. The minimum absolute atomic E-state index is 0.0878. The average Bonchev–Trinajstić information content (AvgIpc) is 2.86. The van der Waals surface area contributed by atoms with Crippen molar-refractivity contribution in [1.82, 2.24) is 9.80 Å². The van der Waals surface area contributed by atoms with Gasteiger partial charge in [0.05, 0.1) is 5.69 Å². The first-order valence-electron chi connectivity index (χ1n) is 7.99. The monoisotopic (exact) mass is 301 g/mol. The highest BCUT2D eigenvalue weighted by molar-refractivity contribution is 6.19. The van der Waals surface area contributed by atoms with Crippen LogP contribution in [-0.2, 0) is 16.0 Å². The fourth-order valence-corrected chi connectivity index (χ4v) is 3.03. The number of amides is 2. The zero-order valence-corrected chi connectivity index (χ0v) is 13.1. The Morgan fingerprint density at radius 2 is 1.50 bits per heavy atom. The Labute approximate surface area is 131 Å². The zero-order valence-electron chi connectivity index (χ0n) is 13.1. The van der Waals surface area contributed by atoms with Crippen LogP contribution < -0.4 is 4.90 Å². The Morgan fingerprint density at radius 1 is 0.909 bits per heavy atom. The van der Waals surface area contributed by atoms with Crippen molar-refractivity contribution in [3.63, 3.8) is 0 Å². The molecule has 0 radical (unpaired) electrons. The molecule has 0 saturated carbocycles. The summed E-state index contributed by atoms with van der Waals surface area (Å²) in [6, 6.07) is 7.84. The number of hydrogen-bond acceptors (Lipinski definition) is 4. The molecule has 5 heteroatoms. The van der Waals surface area contributed by atoms with Gasteiger partial charge in [-0.05, 0) is 31.2 Å². The van der Waals surface area contributed by atoms with Gasteiger partial charge in [0.25, 0.3) is 0 Å². The number of imide groups is 1. The normalized spacial score (nSPS) is 20.9. The molecule has 2 fully saturated rings. The van der Waals surface area contributed by atoms with Crippen molar-refractivity contribution in [2.24, 2.45) is 0 Å². The fraction of sp³-hybridized carbons (Fsp3) is 0.529. The third-order valence-corrected chi connectivity index (χ3v) is 4.56. The number of carbonyl (C=O) groups is 2. The van der Waals surface area contributed by atoms with Gasteiger partial charge in [-0.25, -0.2) is 0 Å². The standard InChI is InChI=1S/C17H23N3O2/c1-18-10-12-19(13-11-18)9-8-14-2-4-15(5-3-14)20-16(21)6-7-17(20)22/h2-5H,6-13H2,1H3. The van der Waals surface area contributed by atoms with E-state index in [9.17, 15) is 9.59 Å². The quantitative estimate of drug-likeness (QED) is 0.782. The predicted octanol–water partition coefficient (Wildman–Crippen LogP) is 1.13. The van der Waals surface area contributed by atoms with Crippen LogP contribution >= 0.6 is 0 Å². The lowest BCUT2D eigenvalue weighted by atomic mass is 10.1. The van der Waals surface area contributed by atoms with Crippen LogP contribution in [-0.4, -0.2) is 61.4 Å². The molecule has 118 valence electrons. The third kappa shape index (κ3) is 3.36. The van der Waals surface area contributed by atoms with E-state index >= 15 is 0 Å². The third-order valence-electron chi connectivity index (χ3n) is 4.56.